The number of benzene rings is 1. The molecule has 1 fully saturated rings. The van der Waals surface area contributed by atoms with Crippen molar-refractivity contribution in [3.05, 3.63) is 40.8 Å². The molecule has 8 nitrogen and oxygen atoms in total. The monoisotopic (exact) mass is 418 g/mol. The maximum atomic E-state index is 13.1. The number of sulfonamides is 1. The first-order chi connectivity index (χ1) is 13.7. The average Bonchev–Trinajstić information content (AvgIpc) is 3.00. The third kappa shape index (κ3) is 4.75. The number of aromatic nitrogens is 1. The van der Waals surface area contributed by atoms with Gasteiger partial charge in [0, 0.05) is 33.1 Å². The number of carbonyl (C=O) groups is 1. The largest absolute Gasteiger partial charge is 0.354 e. The van der Waals surface area contributed by atoms with E-state index in [0.29, 0.717) is 59.3 Å². The van der Waals surface area contributed by atoms with Gasteiger partial charge in [0.15, 0.2) is 5.76 Å². The van der Waals surface area contributed by atoms with Gasteiger partial charge in [-0.25, -0.2) is 8.42 Å². The van der Waals surface area contributed by atoms with Gasteiger partial charge in [-0.2, -0.15) is 4.31 Å². The summed E-state index contributed by atoms with van der Waals surface area (Å²) in [6, 6.07) is 5.31. The first kappa shape index (κ1) is 21.2. The van der Waals surface area contributed by atoms with E-state index in [2.05, 4.69) is 15.4 Å². The smallest absolute Gasteiger partial charge is 0.243 e. The Morgan fingerprint density at radius 3 is 2.52 bits per heavy atom. The van der Waals surface area contributed by atoms with Gasteiger partial charge in [0.2, 0.25) is 15.9 Å². The van der Waals surface area contributed by atoms with E-state index in [4.69, 9.17) is 4.52 Å². The number of anilines is 1. The van der Waals surface area contributed by atoms with Gasteiger partial charge in [-0.15, -0.1) is 0 Å². The molecule has 2 aromatic rings. The highest BCUT2D eigenvalue weighted by Crippen LogP contribution is 2.25. The van der Waals surface area contributed by atoms with Gasteiger partial charge in [-0.3, -0.25) is 4.79 Å². The van der Waals surface area contributed by atoms with E-state index in [1.165, 1.54) is 11.2 Å². The third-order valence-corrected chi connectivity index (χ3v) is 6.95. The second-order valence-corrected chi connectivity index (χ2v) is 9.16. The summed E-state index contributed by atoms with van der Waals surface area (Å²) in [6.45, 7) is 7.34. The lowest BCUT2D eigenvalue weighted by molar-refractivity contribution is -0.114. The molecule has 29 heavy (non-hydrogen) atoms. The second kappa shape index (κ2) is 8.48. The topological polar surface area (TPSA) is 95.8 Å². The van der Waals surface area contributed by atoms with Crippen molar-refractivity contribution in [2.75, 3.05) is 38.5 Å². The Morgan fingerprint density at radius 2 is 1.86 bits per heavy atom. The zero-order chi connectivity index (χ0) is 21.2. The summed E-state index contributed by atoms with van der Waals surface area (Å²) in [5, 5.41) is 6.57. The van der Waals surface area contributed by atoms with Crippen molar-refractivity contribution in [1.82, 2.24) is 14.4 Å². The minimum atomic E-state index is -3.56. The van der Waals surface area contributed by atoms with Crippen LogP contribution in [0.25, 0.3) is 12.2 Å². The zero-order valence-electron chi connectivity index (χ0n) is 17.1. The molecule has 1 N–H and O–H groups in total. The molecule has 9 heteroatoms. The Balaban J connectivity index is 1.88. The number of carbonyl (C=O) groups excluding carboxylic acids is 1. The normalized spacial score (nSPS) is 16.4. The van der Waals surface area contributed by atoms with Crippen LogP contribution in [-0.2, 0) is 14.8 Å². The Bertz CT molecular complexity index is 1030. The molecule has 0 atom stereocenters. The summed E-state index contributed by atoms with van der Waals surface area (Å²) in [5.74, 6) is 0.184. The molecule has 1 aromatic carbocycles. The molecule has 156 valence electrons. The van der Waals surface area contributed by atoms with Gasteiger partial charge in [0.25, 0.3) is 0 Å². The number of hydrogen-bond donors (Lipinski definition) is 1. The van der Waals surface area contributed by atoms with Crippen molar-refractivity contribution in [3.8, 4) is 0 Å². The van der Waals surface area contributed by atoms with Crippen LogP contribution in [0.2, 0.25) is 0 Å². The number of piperazine rings is 1. The Labute approximate surface area is 171 Å². The van der Waals surface area contributed by atoms with Gasteiger partial charge >= 0.3 is 0 Å². The molecule has 1 aliphatic rings. The third-order valence-electron chi connectivity index (χ3n) is 4.91. The van der Waals surface area contributed by atoms with E-state index in [9.17, 15) is 13.2 Å². The van der Waals surface area contributed by atoms with Crippen LogP contribution < -0.4 is 5.32 Å². The molecular weight excluding hydrogens is 392 g/mol. The predicted molar refractivity (Wildman–Crippen MR) is 112 cm³/mol. The maximum Gasteiger partial charge on any atom is 0.243 e. The van der Waals surface area contributed by atoms with Crippen LogP contribution in [0.4, 0.5) is 5.69 Å². The molecule has 0 aliphatic carbocycles. The highest BCUT2D eigenvalue weighted by Gasteiger charge is 2.28. The molecule has 1 aliphatic heterocycles. The first-order valence-corrected chi connectivity index (χ1v) is 10.8. The lowest BCUT2D eigenvalue weighted by Gasteiger charge is -2.32. The van der Waals surface area contributed by atoms with Crippen LogP contribution in [-0.4, -0.2) is 61.9 Å². The van der Waals surface area contributed by atoms with Crippen LogP contribution in [0, 0.1) is 13.8 Å². The fourth-order valence-electron chi connectivity index (χ4n) is 3.17. The SMILES string of the molecule is CC(=O)Nc1c(C)noc1C=Cc1ccc(C)c(S(=O)(=O)N2CCN(C)CC2)c1. The van der Waals surface area contributed by atoms with Crippen molar-refractivity contribution in [1.29, 1.82) is 0 Å². The highest BCUT2D eigenvalue weighted by molar-refractivity contribution is 7.89. The fourth-order valence-corrected chi connectivity index (χ4v) is 4.85. The molecule has 0 saturated carbocycles. The van der Waals surface area contributed by atoms with Crippen molar-refractivity contribution < 1.29 is 17.7 Å². The molecule has 1 amide bonds. The summed E-state index contributed by atoms with van der Waals surface area (Å²) < 4.78 is 33.1. The predicted octanol–water partition coefficient (Wildman–Crippen LogP) is 2.36. The molecule has 0 radical (unpaired) electrons. The van der Waals surface area contributed by atoms with Crippen molar-refractivity contribution in [3.63, 3.8) is 0 Å². The Kier molecular flexibility index (Phi) is 6.21. The quantitative estimate of drug-likeness (QED) is 0.801. The Morgan fingerprint density at radius 1 is 1.17 bits per heavy atom. The van der Waals surface area contributed by atoms with Crippen molar-refractivity contribution >= 4 is 33.8 Å². The number of hydrogen-bond acceptors (Lipinski definition) is 6. The minimum absolute atomic E-state index is 0.221. The number of likely N-dealkylation sites (N-methyl/N-ethyl adjacent to an activating group) is 1. The van der Waals surface area contributed by atoms with Gasteiger partial charge in [-0.05, 0) is 44.2 Å². The second-order valence-electron chi connectivity index (χ2n) is 7.25. The first-order valence-electron chi connectivity index (χ1n) is 9.40. The van der Waals surface area contributed by atoms with E-state index in [-0.39, 0.29) is 5.91 Å². The molecule has 3 rings (SSSR count). The van der Waals surface area contributed by atoms with E-state index in [1.54, 1.807) is 38.1 Å². The average molecular weight is 419 g/mol. The summed E-state index contributed by atoms with van der Waals surface area (Å²) in [6.07, 6.45) is 3.41. The molecule has 1 saturated heterocycles. The van der Waals surface area contributed by atoms with Gasteiger partial charge in [0.1, 0.15) is 11.4 Å². The molecule has 0 unspecified atom stereocenters. The van der Waals surface area contributed by atoms with Crippen LogP contribution >= 0.6 is 0 Å². The van der Waals surface area contributed by atoms with Crippen LogP contribution in [0.3, 0.4) is 0 Å². The van der Waals surface area contributed by atoms with Crippen molar-refractivity contribution in [2.45, 2.75) is 25.7 Å². The number of aryl methyl sites for hydroxylation is 2. The zero-order valence-corrected chi connectivity index (χ0v) is 17.9. The molecule has 0 bridgehead atoms. The van der Waals surface area contributed by atoms with Crippen LogP contribution in [0.1, 0.15) is 29.5 Å². The van der Waals surface area contributed by atoms with Gasteiger partial charge in [-0.1, -0.05) is 23.4 Å². The van der Waals surface area contributed by atoms with E-state index in [0.717, 1.165) is 0 Å². The standard InChI is InChI=1S/C20H26N4O4S/c1-14-5-6-17(7-8-18-20(21-16(3)25)15(2)22-28-18)13-19(14)29(26,27)24-11-9-23(4)10-12-24/h5-8,13H,9-12H2,1-4H3,(H,21,25). The molecular formula is C20H26N4O4S. The molecule has 0 spiro atoms. The fraction of sp³-hybridized carbons (Fsp3) is 0.400. The Hall–Kier alpha value is -2.49. The van der Waals surface area contributed by atoms with E-state index >= 15 is 0 Å². The van der Waals surface area contributed by atoms with Crippen molar-refractivity contribution in [2.24, 2.45) is 0 Å². The van der Waals surface area contributed by atoms with Crippen LogP contribution in [0.15, 0.2) is 27.6 Å². The number of amides is 1. The summed E-state index contributed by atoms with van der Waals surface area (Å²) in [5.41, 5.74) is 2.50. The lowest BCUT2D eigenvalue weighted by atomic mass is 10.1. The summed E-state index contributed by atoms with van der Waals surface area (Å²) >= 11 is 0. The van der Waals surface area contributed by atoms with Gasteiger partial charge < -0.3 is 14.7 Å². The van der Waals surface area contributed by atoms with E-state index in [1.807, 2.05) is 13.1 Å². The molecule has 1 aromatic heterocycles. The maximum absolute atomic E-state index is 13.1. The number of nitrogens with zero attached hydrogens (tertiary/aromatic N) is 3. The lowest BCUT2D eigenvalue weighted by Crippen LogP contribution is -2.47. The van der Waals surface area contributed by atoms with Gasteiger partial charge in [0.05, 0.1) is 4.90 Å². The number of rotatable bonds is 5. The van der Waals surface area contributed by atoms with Crippen LogP contribution in [0.5, 0.6) is 0 Å². The highest BCUT2D eigenvalue weighted by atomic mass is 32.2. The summed E-state index contributed by atoms with van der Waals surface area (Å²) in [7, 11) is -1.57. The molecule has 2 heterocycles. The van der Waals surface area contributed by atoms with E-state index < -0.39 is 10.0 Å². The number of nitrogens with one attached hydrogen (secondary N) is 1. The minimum Gasteiger partial charge on any atom is -0.354 e. The summed E-state index contributed by atoms with van der Waals surface area (Å²) in [4.78, 5) is 13.8.